The summed E-state index contributed by atoms with van der Waals surface area (Å²) < 4.78 is 16.4. The van der Waals surface area contributed by atoms with E-state index in [1.807, 2.05) is 0 Å². The van der Waals surface area contributed by atoms with Crippen LogP contribution in [-0.2, 0) is 11.3 Å². The molecule has 2 aromatic carbocycles. The molecule has 1 aromatic heterocycles. The summed E-state index contributed by atoms with van der Waals surface area (Å²) in [7, 11) is 0. The second-order valence-corrected chi connectivity index (χ2v) is 9.07. The number of hydrogen-bond acceptors (Lipinski definition) is 7. The number of carbonyl (C=O) groups excluding carboxylic acids is 2. The number of benzene rings is 2. The molecule has 3 aromatic rings. The van der Waals surface area contributed by atoms with Gasteiger partial charge >= 0.3 is 5.97 Å². The molecule has 1 N–H and O–H groups in total. The largest absolute Gasteiger partial charge is 0.478 e. The van der Waals surface area contributed by atoms with Gasteiger partial charge in [0, 0.05) is 22.7 Å². The van der Waals surface area contributed by atoms with Gasteiger partial charge in [0.25, 0.3) is 11.1 Å². The van der Waals surface area contributed by atoms with Gasteiger partial charge in [0.1, 0.15) is 11.5 Å². The standard InChI is InChI=1S/C23H13Cl2NO7S/c24-15-3-1-11(22(28)29)5-14(15)17-4-2-13(33-17)7-20-21(27)26(23(30)34-20)9-12-6-18-19(8-16(12)25)32-10-31-18/h1-8H,9-10H2,(H,28,29)/b20-7-. The molecule has 0 aliphatic carbocycles. The molecule has 3 heterocycles. The fourth-order valence-electron chi connectivity index (χ4n) is 3.44. The second-order valence-electron chi connectivity index (χ2n) is 7.27. The maximum absolute atomic E-state index is 12.9. The van der Waals surface area contributed by atoms with Crippen molar-refractivity contribution in [3.63, 3.8) is 0 Å². The minimum Gasteiger partial charge on any atom is -0.478 e. The van der Waals surface area contributed by atoms with Crippen LogP contribution in [-0.4, -0.2) is 33.9 Å². The van der Waals surface area contributed by atoms with Gasteiger partial charge < -0.3 is 19.0 Å². The minimum atomic E-state index is -1.10. The predicted octanol–water partition coefficient (Wildman–Crippen LogP) is 5.92. The highest BCUT2D eigenvalue weighted by molar-refractivity contribution is 8.18. The molecule has 0 atom stereocenters. The van der Waals surface area contributed by atoms with E-state index in [0.717, 1.165) is 16.7 Å². The summed E-state index contributed by atoms with van der Waals surface area (Å²) in [6.45, 7) is 0.0504. The van der Waals surface area contributed by atoms with Gasteiger partial charge in [-0.25, -0.2) is 4.79 Å². The average Bonchev–Trinajstić information content (AvgIpc) is 3.51. The molecule has 2 aliphatic rings. The number of rotatable bonds is 5. The number of fused-ring (bicyclic) bond motifs is 1. The first-order chi connectivity index (χ1) is 16.3. The zero-order valence-corrected chi connectivity index (χ0v) is 19.4. The van der Waals surface area contributed by atoms with Crippen molar-refractivity contribution in [2.75, 3.05) is 6.79 Å². The first-order valence-corrected chi connectivity index (χ1v) is 11.3. The first kappa shape index (κ1) is 22.4. The molecule has 172 valence electrons. The zero-order chi connectivity index (χ0) is 24.0. The Morgan fingerprint density at radius 3 is 2.59 bits per heavy atom. The highest BCUT2D eigenvalue weighted by atomic mass is 35.5. The van der Waals surface area contributed by atoms with Crippen LogP contribution in [0.25, 0.3) is 17.4 Å². The van der Waals surface area contributed by atoms with Crippen LogP contribution in [0.5, 0.6) is 11.5 Å². The van der Waals surface area contributed by atoms with Gasteiger partial charge in [-0.15, -0.1) is 0 Å². The maximum Gasteiger partial charge on any atom is 0.335 e. The quantitative estimate of drug-likeness (QED) is 0.415. The van der Waals surface area contributed by atoms with E-state index in [9.17, 15) is 19.5 Å². The number of thioether (sulfide) groups is 1. The predicted molar refractivity (Wildman–Crippen MR) is 125 cm³/mol. The molecule has 8 nitrogen and oxygen atoms in total. The van der Waals surface area contributed by atoms with Gasteiger partial charge in [0.2, 0.25) is 6.79 Å². The number of carboxylic acid groups (broad SMARTS) is 1. The number of carbonyl (C=O) groups is 3. The van der Waals surface area contributed by atoms with Crippen LogP contribution in [0.4, 0.5) is 4.79 Å². The van der Waals surface area contributed by atoms with E-state index in [-0.39, 0.29) is 23.8 Å². The highest BCUT2D eigenvalue weighted by Gasteiger charge is 2.36. The number of ether oxygens (including phenoxy) is 2. The third-order valence-corrected chi connectivity index (χ3v) is 6.71. The van der Waals surface area contributed by atoms with Gasteiger partial charge in [-0.1, -0.05) is 23.2 Å². The molecule has 0 spiro atoms. The van der Waals surface area contributed by atoms with Gasteiger partial charge in [0.15, 0.2) is 11.5 Å². The molecule has 5 rings (SSSR count). The van der Waals surface area contributed by atoms with E-state index in [1.54, 1.807) is 24.3 Å². The number of furan rings is 1. The number of halogens is 2. The third-order valence-electron chi connectivity index (χ3n) is 5.12. The molecule has 34 heavy (non-hydrogen) atoms. The summed E-state index contributed by atoms with van der Waals surface area (Å²) in [5.74, 6) is 0.0405. The van der Waals surface area contributed by atoms with Crippen molar-refractivity contribution in [2.45, 2.75) is 6.54 Å². The van der Waals surface area contributed by atoms with Crippen LogP contribution in [0, 0.1) is 0 Å². The molecule has 1 fully saturated rings. The Labute approximate surface area is 206 Å². The van der Waals surface area contributed by atoms with Crippen molar-refractivity contribution < 1.29 is 33.4 Å². The molecular weight excluding hydrogens is 505 g/mol. The molecular formula is C23H13Cl2NO7S. The second kappa shape index (κ2) is 8.75. The molecule has 11 heteroatoms. The molecule has 0 radical (unpaired) electrons. The molecule has 1 saturated heterocycles. The van der Waals surface area contributed by atoms with Crippen LogP contribution in [0.1, 0.15) is 21.7 Å². The van der Waals surface area contributed by atoms with E-state index in [1.165, 1.54) is 24.3 Å². The fourth-order valence-corrected chi connectivity index (χ4v) is 4.68. The van der Waals surface area contributed by atoms with Gasteiger partial charge in [-0.2, -0.15) is 0 Å². The Hall–Kier alpha value is -3.40. The van der Waals surface area contributed by atoms with E-state index in [4.69, 9.17) is 37.1 Å². The van der Waals surface area contributed by atoms with Gasteiger partial charge in [0.05, 0.1) is 22.0 Å². The Morgan fingerprint density at radius 2 is 1.82 bits per heavy atom. The Kier molecular flexibility index (Phi) is 5.76. The molecule has 0 bridgehead atoms. The van der Waals surface area contributed by atoms with Crippen molar-refractivity contribution in [2.24, 2.45) is 0 Å². The monoisotopic (exact) mass is 517 g/mol. The van der Waals surface area contributed by atoms with Gasteiger partial charge in [-0.3, -0.25) is 14.5 Å². The van der Waals surface area contributed by atoms with Crippen molar-refractivity contribution in [3.8, 4) is 22.8 Å². The first-order valence-electron chi connectivity index (χ1n) is 9.76. The van der Waals surface area contributed by atoms with Crippen LogP contribution < -0.4 is 9.47 Å². The highest BCUT2D eigenvalue weighted by Crippen LogP contribution is 2.40. The SMILES string of the molecule is O=C(O)c1ccc(Cl)c(-c2ccc(/C=C3\SC(=O)N(Cc4cc5c(cc4Cl)OCO5)C3=O)o2)c1. The van der Waals surface area contributed by atoms with Crippen LogP contribution in [0.2, 0.25) is 10.0 Å². The number of aromatic carboxylic acids is 1. The van der Waals surface area contributed by atoms with Crippen LogP contribution >= 0.6 is 35.0 Å². The molecule has 0 saturated carbocycles. The Bertz CT molecular complexity index is 1400. The molecule has 0 unspecified atom stereocenters. The fraction of sp³-hybridized carbons (Fsp3) is 0.0870. The smallest absolute Gasteiger partial charge is 0.335 e. The lowest BCUT2D eigenvalue weighted by Gasteiger charge is -2.14. The molecule has 2 aliphatic heterocycles. The summed E-state index contributed by atoms with van der Waals surface area (Å²) in [6.07, 6.45) is 1.45. The summed E-state index contributed by atoms with van der Waals surface area (Å²) in [5, 5.41) is 9.42. The van der Waals surface area contributed by atoms with Crippen LogP contribution in [0.15, 0.2) is 51.8 Å². The average molecular weight is 518 g/mol. The number of nitrogens with zero attached hydrogens (tertiary/aromatic N) is 1. The molecule has 2 amide bonds. The number of carboxylic acids is 1. The summed E-state index contributed by atoms with van der Waals surface area (Å²) in [6, 6.07) is 10.7. The van der Waals surface area contributed by atoms with E-state index < -0.39 is 17.1 Å². The van der Waals surface area contributed by atoms with Crippen LogP contribution in [0.3, 0.4) is 0 Å². The maximum atomic E-state index is 12.9. The van der Waals surface area contributed by atoms with E-state index >= 15 is 0 Å². The Morgan fingerprint density at radius 1 is 1.06 bits per heavy atom. The topological polar surface area (TPSA) is 106 Å². The lowest BCUT2D eigenvalue weighted by Crippen LogP contribution is -2.27. The van der Waals surface area contributed by atoms with Crippen molar-refractivity contribution in [3.05, 3.63) is 74.3 Å². The number of amides is 2. The van der Waals surface area contributed by atoms with Gasteiger partial charge in [-0.05, 0) is 53.7 Å². The number of hydrogen-bond donors (Lipinski definition) is 1. The van der Waals surface area contributed by atoms with E-state index in [2.05, 4.69) is 0 Å². The number of imide groups is 1. The van der Waals surface area contributed by atoms with Crippen molar-refractivity contribution in [1.29, 1.82) is 0 Å². The van der Waals surface area contributed by atoms with Crippen molar-refractivity contribution in [1.82, 2.24) is 4.90 Å². The lowest BCUT2D eigenvalue weighted by atomic mass is 10.1. The third kappa shape index (κ3) is 4.13. The summed E-state index contributed by atoms with van der Waals surface area (Å²) in [4.78, 5) is 38.0. The summed E-state index contributed by atoms with van der Waals surface area (Å²) >= 11 is 13.3. The zero-order valence-electron chi connectivity index (χ0n) is 17.0. The van der Waals surface area contributed by atoms with Crippen molar-refractivity contribution >= 4 is 58.2 Å². The normalized spacial score (nSPS) is 16.1. The van der Waals surface area contributed by atoms with E-state index in [0.29, 0.717) is 44.2 Å². The minimum absolute atomic E-state index is 0.0293. The lowest BCUT2D eigenvalue weighted by molar-refractivity contribution is -0.123. The Balaban J connectivity index is 1.38. The summed E-state index contributed by atoms with van der Waals surface area (Å²) in [5.41, 5.74) is 0.995.